The van der Waals surface area contributed by atoms with Gasteiger partial charge in [-0.2, -0.15) is 0 Å². The largest absolute Gasteiger partial charge is 0.478 e. The van der Waals surface area contributed by atoms with Gasteiger partial charge in [0.1, 0.15) is 5.82 Å². The topological polar surface area (TPSA) is 75.2 Å². The average molecular weight is 260 g/mol. The van der Waals surface area contributed by atoms with Crippen LogP contribution in [0.1, 0.15) is 35.9 Å². The minimum absolute atomic E-state index is 0.0451. The van der Waals surface area contributed by atoms with E-state index in [1.807, 2.05) is 0 Å². The number of nitrogens with one attached hydrogen (secondary N) is 1. The lowest BCUT2D eigenvalue weighted by Crippen LogP contribution is -2.20. The van der Waals surface area contributed by atoms with Crippen molar-refractivity contribution >= 4 is 17.0 Å². The fourth-order valence-corrected chi connectivity index (χ4v) is 2.54. The number of aromatic nitrogens is 2. The number of aromatic carboxylic acids is 1. The summed E-state index contributed by atoms with van der Waals surface area (Å²) >= 11 is 0. The normalized spacial score (nSPS) is 21.9. The zero-order chi connectivity index (χ0) is 13.6. The number of H-pyrrole nitrogens is 1. The second-order valence-corrected chi connectivity index (χ2v) is 5.72. The number of aromatic amines is 1. The third kappa shape index (κ3) is 2.00. The highest BCUT2D eigenvalue weighted by atomic mass is 16.5. The maximum Gasteiger partial charge on any atom is 0.335 e. The van der Waals surface area contributed by atoms with Crippen molar-refractivity contribution in [2.45, 2.75) is 19.8 Å². The third-order valence-electron chi connectivity index (χ3n) is 3.78. The molecule has 1 atom stereocenters. The van der Waals surface area contributed by atoms with Gasteiger partial charge in [0.05, 0.1) is 29.8 Å². The molecule has 0 spiro atoms. The van der Waals surface area contributed by atoms with E-state index in [-0.39, 0.29) is 16.9 Å². The lowest BCUT2D eigenvalue weighted by atomic mass is 9.82. The summed E-state index contributed by atoms with van der Waals surface area (Å²) in [5.41, 5.74) is 1.87. The van der Waals surface area contributed by atoms with Gasteiger partial charge in [-0.1, -0.05) is 13.8 Å². The predicted octanol–water partition coefficient (Wildman–Crippen LogP) is 2.40. The molecule has 2 aromatic rings. The molecular weight excluding hydrogens is 244 g/mol. The van der Waals surface area contributed by atoms with E-state index in [1.54, 1.807) is 18.2 Å². The van der Waals surface area contributed by atoms with Crippen LogP contribution in [0.5, 0.6) is 0 Å². The number of hydrogen-bond donors (Lipinski definition) is 2. The molecule has 3 rings (SSSR count). The van der Waals surface area contributed by atoms with Gasteiger partial charge in [-0.3, -0.25) is 0 Å². The fourth-order valence-electron chi connectivity index (χ4n) is 2.54. The molecule has 1 aromatic heterocycles. The molecule has 0 amide bonds. The maximum absolute atomic E-state index is 11.0. The van der Waals surface area contributed by atoms with E-state index in [4.69, 9.17) is 9.84 Å². The lowest BCUT2D eigenvalue weighted by molar-refractivity contribution is 0.0697. The van der Waals surface area contributed by atoms with Crippen molar-refractivity contribution in [3.8, 4) is 0 Å². The summed E-state index contributed by atoms with van der Waals surface area (Å²) in [5, 5.41) is 8.99. The first kappa shape index (κ1) is 12.2. The Kier molecular flexibility index (Phi) is 2.60. The van der Waals surface area contributed by atoms with Crippen LogP contribution in [0.3, 0.4) is 0 Å². The van der Waals surface area contributed by atoms with Crippen LogP contribution in [0.25, 0.3) is 11.0 Å². The van der Waals surface area contributed by atoms with E-state index < -0.39 is 5.97 Å². The molecule has 0 bridgehead atoms. The number of carbonyl (C=O) groups is 1. The molecule has 0 radical (unpaired) electrons. The van der Waals surface area contributed by atoms with Crippen LogP contribution >= 0.6 is 0 Å². The van der Waals surface area contributed by atoms with E-state index >= 15 is 0 Å². The van der Waals surface area contributed by atoms with Gasteiger partial charge < -0.3 is 14.8 Å². The zero-order valence-corrected chi connectivity index (χ0v) is 10.9. The van der Waals surface area contributed by atoms with Crippen LogP contribution in [0, 0.1) is 5.41 Å². The molecule has 1 fully saturated rings. The van der Waals surface area contributed by atoms with Crippen LogP contribution < -0.4 is 0 Å². The van der Waals surface area contributed by atoms with Crippen LogP contribution in [0.4, 0.5) is 0 Å². The van der Waals surface area contributed by atoms with Crippen molar-refractivity contribution in [1.82, 2.24) is 9.97 Å². The lowest BCUT2D eigenvalue weighted by Gasteiger charge is -2.22. The van der Waals surface area contributed by atoms with Crippen molar-refractivity contribution in [3.05, 3.63) is 29.6 Å². The summed E-state index contributed by atoms with van der Waals surface area (Å²) in [6, 6.07) is 4.93. The van der Waals surface area contributed by atoms with Gasteiger partial charge >= 0.3 is 5.97 Å². The molecule has 1 saturated heterocycles. The van der Waals surface area contributed by atoms with E-state index in [9.17, 15) is 4.79 Å². The van der Waals surface area contributed by atoms with Gasteiger partial charge in [-0.25, -0.2) is 9.78 Å². The monoisotopic (exact) mass is 260 g/mol. The Morgan fingerprint density at radius 1 is 1.53 bits per heavy atom. The molecule has 0 saturated carbocycles. The van der Waals surface area contributed by atoms with Gasteiger partial charge in [0.15, 0.2) is 0 Å². The Labute approximate surface area is 110 Å². The number of rotatable bonds is 2. The molecule has 0 aliphatic carbocycles. The Balaban J connectivity index is 2.04. The highest BCUT2D eigenvalue weighted by molar-refractivity contribution is 5.92. The van der Waals surface area contributed by atoms with Gasteiger partial charge in [0.2, 0.25) is 0 Å². The van der Waals surface area contributed by atoms with Gasteiger partial charge in [0.25, 0.3) is 0 Å². The first-order valence-corrected chi connectivity index (χ1v) is 6.28. The molecule has 2 heterocycles. The fraction of sp³-hybridized carbons (Fsp3) is 0.429. The van der Waals surface area contributed by atoms with Crippen LogP contribution in [-0.4, -0.2) is 34.3 Å². The van der Waals surface area contributed by atoms with Crippen molar-refractivity contribution in [1.29, 1.82) is 0 Å². The van der Waals surface area contributed by atoms with E-state index in [1.165, 1.54) is 0 Å². The summed E-state index contributed by atoms with van der Waals surface area (Å²) in [6.07, 6.45) is 0. The van der Waals surface area contributed by atoms with Gasteiger partial charge in [0, 0.05) is 11.3 Å². The standard InChI is InChI=1S/C14H16N2O3/c1-14(2)7-19-6-9(14)12-15-10-4-3-8(13(17)18)5-11(10)16-12/h3-5,9H,6-7H2,1-2H3,(H,15,16)(H,17,18). The van der Waals surface area contributed by atoms with E-state index in [0.29, 0.717) is 6.61 Å². The number of carboxylic acid groups (broad SMARTS) is 1. The molecule has 100 valence electrons. The number of hydrogen-bond acceptors (Lipinski definition) is 3. The van der Waals surface area contributed by atoms with Crippen molar-refractivity contribution < 1.29 is 14.6 Å². The first-order chi connectivity index (χ1) is 8.97. The molecule has 5 heteroatoms. The minimum atomic E-state index is -0.928. The van der Waals surface area contributed by atoms with Crippen LogP contribution in [0.15, 0.2) is 18.2 Å². The molecule has 5 nitrogen and oxygen atoms in total. The zero-order valence-electron chi connectivity index (χ0n) is 10.9. The van der Waals surface area contributed by atoms with Crippen LogP contribution in [0.2, 0.25) is 0 Å². The second kappa shape index (κ2) is 4.06. The summed E-state index contributed by atoms with van der Waals surface area (Å²) in [5.74, 6) is 0.163. The van der Waals surface area contributed by atoms with E-state index in [0.717, 1.165) is 23.5 Å². The number of fused-ring (bicyclic) bond motifs is 1. The van der Waals surface area contributed by atoms with Crippen molar-refractivity contribution in [2.75, 3.05) is 13.2 Å². The Morgan fingerprint density at radius 3 is 2.95 bits per heavy atom. The first-order valence-electron chi connectivity index (χ1n) is 6.28. The Hall–Kier alpha value is -1.88. The maximum atomic E-state index is 11.0. The summed E-state index contributed by atoms with van der Waals surface area (Å²) in [6.45, 7) is 5.68. The van der Waals surface area contributed by atoms with Gasteiger partial charge in [-0.05, 0) is 18.2 Å². The number of imidazole rings is 1. The summed E-state index contributed by atoms with van der Waals surface area (Å²) in [4.78, 5) is 18.8. The molecule has 1 aliphatic heterocycles. The number of nitrogens with zero attached hydrogens (tertiary/aromatic N) is 1. The van der Waals surface area contributed by atoms with Crippen LogP contribution in [-0.2, 0) is 4.74 Å². The van der Waals surface area contributed by atoms with Crippen molar-refractivity contribution in [3.63, 3.8) is 0 Å². The Bertz CT molecular complexity index is 645. The molecule has 19 heavy (non-hydrogen) atoms. The highest BCUT2D eigenvalue weighted by Gasteiger charge is 2.38. The molecule has 1 unspecified atom stereocenters. The van der Waals surface area contributed by atoms with Gasteiger partial charge in [-0.15, -0.1) is 0 Å². The summed E-state index contributed by atoms with van der Waals surface area (Å²) in [7, 11) is 0. The molecular formula is C14H16N2O3. The predicted molar refractivity (Wildman–Crippen MR) is 70.4 cm³/mol. The SMILES string of the molecule is CC1(C)COCC1c1nc2ccc(C(=O)O)cc2[nH]1. The minimum Gasteiger partial charge on any atom is -0.478 e. The van der Waals surface area contributed by atoms with Crippen molar-refractivity contribution in [2.24, 2.45) is 5.41 Å². The average Bonchev–Trinajstić information content (AvgIpc) is 2.89. The highest BCUT2D eigenvalue weighted by Crippen LogP contribution is 2.40. The quantitative estimate of drug-likeness (QED) is 0.869. The number of benzene rings is 1. The molecule has 1 aliphatic rings. The number of ether oxygens (including phenoxy) is 1. The molecule has 2 N–H and O–H groups in total. The van der Waals surface area contributed by atoms with E-state index in [2.05, 4.69) is 23.8 Å². The molecule has 1 aromatic carbocycles. The second-order valence-electron chi connectivity index (χ2n) is 5.72. The third-order valence-corrected chi connectivity index (χ3v) is 3.78. The Morgan fingerprint density at radius 2 is 2.32 bits per heavy atom. The summed E-state index contributed by atoms with van der Waals surface area (Å²) < 4.78 is 5.53. The smallest absolute Gasteiger partial charge is 0.335 e. The number of carboxylic acids is 1.